The Morgan fingerprint density at radius 2 is 2.13 bits per heavy atom. The highest BCUT2D eigenvalue weighted by Crippen LogP contribution is 2.60. The molecule has 0 bridgehead atoms. The van der Waals surface area contributed by atoms with Gasteiger partial charge in [0.25, 0.3) is 0 Å². The van der Waals surface area contributed by atoms with Gasteiger partial charge in [-0.2, -0.15) is 0 Å². The molecule has 2 aliphatic carbocycles. The minimum atomic E-state index is -0.401. The van der Waals surface area contributed by atoms with Crippen molar-refractivity contribution in [2.45, 2.75) is 65.4 Å². The number of aliphatic hydroxyl groups excluding tert-OH is 2. The van der Waals surface area contributed by atoms with Gasteiger partial charge in [0.2, 0.25) is 0 Å². The number of halogens is 1. The molecule has 2 rings (SSSR count). The van der Waals surface area contributed by atoms with Crippen molar-refractivity contribution in [1.29, 1.82) is 0 Å². The van der Waals surface area contributed by atoms with Crippen LogP contribution in [0.2, 0.25) is 0 Å². The molecule has 0 heterocycles. The maximum absolute atomic E-state index is 10.5. The Kier molecular flexibility index (Phi) is 6.55. The van der Waals surface area contributed by atoms with Crippen molar-refractivity contribution < 1.29 is 10.2 Å². The predicted octanol–water partition coefficient (Wildman–Crippen LogP) is 5.05. The summed E-state index contributed by atoms with van der Waals surface area (Å²) in [6, 6.07) is 0. The zero-order valence-corrected chi connectivity index (χ0v) is 16.5. The number of rotatable bonds is 6. The van der Waals surface area contributed by atoms with Crippen molar-refractivity contribution in [2.24, 2.45) is 29.1 Å². The number of allylic oxidation sites excluding steroid dienone is 1. The molecule has 0 aliphatic heterocycles. The molecule has 2 aliphatic rings. The van der Waals surface area contributed by atoms with Gasteiger partial charge in [-0.15, -0.1) is 0 Å². The van der Waals surface area contributed by atoms with E-state index in [4.69, 9.17) is 0 Å². The van der Waals surface area contributed by atoms with Gasteiger partial charge in [0, 0.05) is 5.92 Å². The second kappa shape index (κ2) is 7.84. The highest BCUT2D eigenvalue weighted by atomic mass is 79.9. The minimum Gasteiger partial charge on any atom is -0.393 e. The first kappa shape index (κ1) is 19.2. The van der Waals surface area contributed by atoms with Gasteiger partial charge in [-0.25, -0.2) is 0 Å². The molecule has 132 valence electrons. The second-order valence-electron chi connectivity index (χ2n) is 8.17. The van der Waals surface area contributed by atoms with Crippen LogP contribution in [-0.2, 0) is 0 Å². The predicted molar refractivity (Wildman–Crippen MR) is 100 cm³/mol. The van der Waals surface area contributed by atoms with Crippen molar-refractivity contribution in [3.05, 3.63) is 22.7 Å². The molecule has 0 saturated heterocycles. The number of hydrogen-bond donors (Lipinski definition) is 2. The molecule has 6 atom stereocenters. The highest BCUT2D eigenvalue weighted by Gasteiger charge is 2.50. The molecule has 0 aromatic rings. The number of aliphatic hydroxyl groups is 2. The van der Waals surface area contributed by atoms with Crippen molar-refractivity contribution >= 4 is 15.9 Å². The Morgan fingerprint density at radius 3 is 2.74 bits per heavy atom. The molecular formula is C20H33BrO2. The summed E-state index contributed by atoms with van der Waals surface area (Å²) in [4.78, 5) is 2.17. The molecule has 0 unspecified atom stereocenters. The van der Waals surface area contributed by atoms with Crippen LogP contribution in [0.5, 0.6) is 0 Å². The summed E-state index contributed by atoms with van der Waals surface area (Å²) in [5.74, 6) is 1.87. The standard InChI is InChI=1S/C20H33BrO2/c1-13(10-19(23)15(3)14(2)12-22)17-7-8-18-16(11-21)6-5-9-20(17,18)4/h11,13,15,17-19,22-23H,2,5-10,12H2,1,3-4H3/b16-11+/t13-,15+,17-,18+,19+,20-/m1/s1. The number of hydrogen-bond acceptors (Lipinski definition) is 2. The molecule has 2 saturated carbocycles. The lowest BCUT2D eigenvalue weighted by atomic mass is 9.61. The Hall–Kier alpha value is -0.120. The molecule has 0 spiro atoms. The van der Waals surface area contributed by atoms with E-state index in [2.05, 4.69) is 41.3 Å². The van der Waals surface area contributed by atoms with Crippen LogP contribution >= 0.6 is 15.9 Å². The molecule has 0 radical (unpaired) electrons. The zero-order chi connectivity index (χ0) is 17.2. The van der Waals surface area contributed by atoms with Gasteiger partial charge >= 0.3 is 0 Å². The monoisotopic (exact) mass is 384 g/mol. The van der Waals surface area contributed by atoms with Crippen LogP contribution in [0.1, 0.15) is 59.3 Å². The van der Waals surface area contributed by atoms with Crippen LogP contribution < -0.4 is 0 Å². The third-order valence-electron chi connectivity index (χ3n) is 6.90. The van der Waals surface area contributed by atoms with Crippen molar-refractivity contribution in [2.75, 3.05) is 6.61 Å². The second-order valence-corrected chi connectivity index (χ2v) is 8.62. The van der Waals surface area contributed by atoms with E-state index in [0.29, 0.717) is 23.2 Å². The summed E-state index contributed by atoms with van der Waals surface area (Å²) < 4.78 is 0. The SMILES string of the molecule is C=C(CO)[C@H](C)[C@@H](O)C[C@@H](C)[C@H]1CC[C@H]2/C(=C/Br)CCC[C@]12C. The average Bonchev–Trinajstić information content (AvgIpc) is 2.90. The lowest BCUT2D eigenvalue weighted by Crippen LogP contribution is -2.37. The van der Waals surface area contributed by atoms with E-state index in [1.165, 1.54) is 32.1 Å². The van der Waals surface area contributed by atoms with Crippen LogP contribution in [0, 0.1) is 29.1 Å². The van der Waals surface area contributed by atoms with Gasteiger partial charge < -0.3 is 10.2 Å². The molecule has 0 aromatic carbocycles. The smallest absolute Gasteiger partial charge is 0.0642 e. The first-order valence-electron chi connectivity index (χ1n) is 9.10. The van der Waals surface area contributed by atoms with E-state index < -0.39 is 6.10 Å². The molecule has 23 heavy (non-hydrogen) atoms. The summed E-state index contributed by atoms with van der Waals surface area (Å²) >= 11 is 3.58. The topological polar surface area (TPSA) is 40.5 Å². The fourth-order valence-electron chi connectivity index (χ4n) is 5.31. The summed E-state index contributed by atoms with van der Waals surface area (Å²) in [6.07, 6.45) is 6.80. The van der Waals surface area contributed by atoms with Crippen LogP contribution in [0.3, 0.4) is 0 Å². The Morgan fingerprint density at radius 1 is 1.43 bits per heavy atom. The highest BCUT2D eigenvalue weighted by molar-refractivity contribution is 9.11. The summed E-state index contributed by atoms with van der Waals surface area (Å²) in [7, 11) is 0. The van der Waals surface area contributed by atoms with Gasteiger partial charge in [0.1, 0.15) is 0 Å². The van der Waals surface area contributed by atoms with Gasteiger partial charge in [-0.1, -0.05) is 48.9 Å². The summed E-state index contributed by atoms with van der Waals surface area (Å²) in [6.45, 7) is 10.6. The first-order chi connectivity index (χ1) is 10.8. The van der Waals surface area contributed by atoms with Crippen molar-refractivity contribution in [3.63, 3.8) is 0 Å². The molecule has 3 heteroatoms. The van der Waals surface area contributed by atoms with E-state index >= 15 is 0 Å². The van der Waals surface area contributed by atoms with Gasteiger partial charge in [-0.3, -0.25) is 0 Å². The Labute approximate surface area is 150 Å². The van der Waals surface area contributed by atoms with Gasteiger partial charge in [-0.05, 0) is 72.3 Å². The maximum atomic E-state index is 10.5. The third-order valence-corrected chi connectivity index (χ3v) is 7.49. The van der Waals surface area contributed by atoms with E-state index in [1.54, 1.807) is 5.57 Å². The summed E-state index contributed by atoms with van der Waals surface area (Å²) in [5, 5.41) is 19.8. The Balaban J connectivity index is 2.05. The Bertz CT molecular complexity index is 459. The van der Waals surface area contributed by atoms with Gasteiger partial charge in [0.15, 0.2) is 0 Å². The lowest BCUT2D eigenvalue weighted by molar-refractivity contribution is 0.0486. The fourth-order valence-corrected chi connectivity index (χ4v) is 5.86. The van der Waals surface area contributed by atoms with Crippen LogP contribution in [0.4, 0.5) is 0 Å². The lowest BCUT2D eigenvalue weighted by Gasteiger charge is -2.44. The van der Waals surface area contributed by atoms with E-state index in [-0.39, 0.29) is 12.5 Å². The molecule has 2 N–H and O–H groups in total. The van der Waals surface area contributed by atoms with Crippen molar-refractivity contribution in [1.82, 2.24) is 0 Å². The molecule has 0 aromatic heterocycles. The third kappa shape index (κ3) is 3.77. The number of fused-ring (bicyclic) bond motifs is 1. The average molecular weight is 385 g/mol. The summed E-state index contributed by atoms with van der Waals surface area (Å²) in [5.41, 5.74) is 2.72. The largest absolute Gasteiger partial charge is 0.393 e. The molecule has 2 nitrogen and oxygen atoms in total. The van der Waals surface area contributed by atoms with Gasteiger partial charge in [0.05, 0.1) is 12.7 Å². The maximum Gasteiger partial charge on any atom is 0.0642 e. The molecule has 2 fully saturated rings. The van der Waals surface area contributed by atoms with Crippen LogP contribution in [-0.4, -0.2) is 22.9 Å². The quantitative estimate of drug-likeness (QED) is 0.628. The van der Waals surface area contributed by atoms with E-state index in [1.807, 2.05) is 6.92 Å². The first-order valence-corrected chi connectivity index (χ1v) is 10.0. The molecular weight excluding hydrogens is 352 g/mol. The van der Waals surface area contributed by atoms with Crippen LogP contribution in [0.25, 0.3) is 0 Å². The van der Waals surface area contributed by atoms with Crippen LogP contribution in [0.15, 0.2) is 22.7 Å². The normalized spacial score (nSPS) is 36.5. The van der Waals surface area contributed by atoms with E-state index in [0.717, 1.165) is 12.0 Å². The zero-order valence-electron chi connectivity index (χ0n) is 14.9. The van der Waals surface area contributed by atoms with E-state index in [9.17, 15) is 10.2 Å². The minimum absolute atomic E-state index is 0.0307. The molecule has 0 amide bonds. The fraction of sp³-hybridized carbons (Fsp3) is 0.800. The van der Waals surface area contributed by atoms with Crippen molar-refractivity contribution in [3.8, 4) is 0 Å².